The van der Waals surface area contributed by atoms with Crippen LogP contribution >= 0.6 is 11.8 Å². The number of aromatic nitrogens is 3. The minimum Gasteiger partial charge on any atom is -0.325 e. The molecule has 26 heavy (non-hydrogen) atoms. The molecule has 1 aliphatic carbocycles. The average molecular weight is 373 g/mol. The van der Waals surface area contributed by atoms with Crippen molar-refractivity contribution in [3.05, 3.63) is 35.7 Å². The maximum atomic E-state index is 12.5. The monoisotopic (exact) mass is 372 g/mol. The van der Waals surface area contributed by atoms with Crippen LogP contribution in [0.4, 0.5) is 5.69 Å². The highest BCUT2D eigenvalue weighted by Gasteiger charge is 2.25. The van der Waals surface area contributed by atoms with Gasteiger partial charge in [-0.2, -0.15) is 0 Å². The Labute approximate surface area is 160 Å². The molecule has 1 N–H and O–H groups in total. The molecule has 1 fully saturated rings. The van der Waals surface area contributed by atoms with E-state index in [1.165, 1.54) is 49.4 Å². The van der Waals surface area contributed by atoms with Gasteiger partial charge < -0.3 is 9.88 Å². The molecule has 0 radical (unpaired) electrons. The number of carbonyl (C=O) groups excluding carboxylic acids is 1. The van der Waals surface area contributed by atoms with Crippen LogP contribution in [0.1, 0.15) is 63.3 Å². The van der Waals surface area contributed by atoms with Crippen molar-refractivity contribution in [2.24, 2.45) is 0 Å². The molecule has 1 aromatic carbocycles. The Kier molecular flexibility index (Phi) is 6.35. The van der Waals surface area contributed by atoms with Gasteiger partial charge in [-0.1, -0.05) is 48.7 Å². The van der Waals surface area contributed by atoms with Gasteiger partial charge >= 0.3 is 0 Å². The van der Waals surface area contributed by atoms with E-state index in [-0.39, 0.29) is 11.2 Å². The Balaban J connectivity index is 1.66. The van der Waals surface area contributed by atoms with Gasteiger partial charge in [0, 0.05) is 18.2 Å². The number of nitrogens with one attached hydrogen (secondary N) is 1. The van der Waals surface area contributed by atoms with Gasteiger partial charge in [-0.15, -0.1) is 10.2 Å². The normalized spacial score (nSPS) is 16.4. The summed E-state index contributed by atoms with van der Waals surface area (Å²) in [7, 11) is 0. The number of hydrogen-bond donors (Lipinski definition) is 1. The third kappa shape index (κ3) is 4.47. The van der Waals surface area contributed by atoms with Crippen LogP contribution in [0.3, 0.4) is 0 Å². The first-order valence-corrected chi connectivity index (χ1v) is 10.4. The Morgan fingerprint density at radius 2 is 1.92 bits per heavy atom. The lowest BCUT2D eigenvalue weighted by molar-refractivity contribution is -0.115. The average Bonchev–Trinajstić information content (AvgIpc) is 3.06. The van der Waals surface area contributed by atoms with Crippen molar-refractivity contribution in [2.75, 3.05) is 5.32 Å². The zero-order valence-corrected chi connectivity index (χ0v) is 16.7. The van der Waals surface area contributed by atoms with Gasteiger partial charge in [0.1, 0.15) is 5.82 Å². The van der Waals surface area contributed by atoms with Crippen LogP contribution in [0.2, 0.25) is 0 Å². The van der Waals surface area contributed by atoms with Crippen LogP contribution in [-0.2, 0) is 11.3 Å². The van der Waals surface area contributed by atoms with Crippen molar-refractivity contribution in [1.82, 2.24) is 14.8 Å². The van der Waals surface area contributed by atoms with E-state index in [4.69, 9.17) is 0 Å². The minimum absolute atomic E-state index is 0.0104. The third-order valence-electron chi connectivity index (χ3n) is 5.00. The van der Waals surface area contributed by atoms with E-state index in [2.05, 4.69) is 27.0 Å². The van der Waals surface area contributed by atoms with Crippen molar-refractivity contribution in [1.29, 1.82) is 0 Å². The highest BCUT2D eigenvalue weighted by atomic mass is 32.2. The van der Waals surface area contributed by atoms with Gasteiger partial charge in [-0.3, -0.25) is 4.79 Å². The van der Waals surface area contributed by atoms with Crippen molar-refractivity contribution >= 4 is 23.4 Å². The minimum atomic E-state index is -0.231. The molecular formula is C20H28N4OS. The summed E-state index contributed by atoms with van der Waals surface area (Å²) < 4.78 is 2.19. The summed E-state index contributed by atoms with van der Waals surface area (Å²) >= 11 is 1.49. The Morgan fingerprint density at radius 1 is 1.23 bits per heavy atom. The molecule has 1 atom stereocenters. The van der Waals surface area contributed by atoms with E-state index >= 15 is 0 Å². The summed E-state index contributed by atoms with van der Waals surface area (Å²) in [5.41, 5.74) is 2.00. The number of thioether (sulfide) groups is 1. The smallest absolute Gasteiger partial charge is 0.237 e. The van der Waals surface area contributed by atoms with Crippen LogP contribution < -0.4 is 5.32 Å². The quantitative estimate of drug-likeness (QED) is 0.742. The summed E-state index contributed by atoms with van der Waals surface area (Å²) in [4.78, 5) is 12.5. The molecule has 0 bridgehead atoms. The fraction of sp³-hybridized carbons (Fsp3) is 0.550. The molecule has 1 aromatic heterocycles. The number of nitrogens with zero attached hydrogens (tertiary/aromatic N) is 3. The SMILES string of the molecule is CCn1c(SC(C)C(=O)Nc2ccc(C)cc2)nnc1C1CCCCC1. The van der Waals surface area contributed by atoms with E-state index in [0.29, 0.717) is 5.92 Å². The standard InChI is InChI=1S/C20H28N4OS/c1-4-24-18(16-8-6-5-7-9-16)22-23-20(24)26-15(3)19(25)21-17-12-10-14(2)11-13-17/h10-13,15-16H,4-9H2,1-3H3,(H,21,25). The topological polar surface area (TPSA) is 59.8 Å². The molecule has 0 saturated heterocycles. The molecule has 1 amide bonds. The zero-order chi connectivity index (χ0) is 18.5. The van der Waals surface area contributed by atoms with E-state index in [9.17, 15) is 4.79 Å². The zero-order valence-electron chi connectivity index (χ0n) is 15.9. The molecule has 140 valence electrons. The molecule has 5 nitrogen and oxygen atoms in total. The van der Waals surface area contributed by atoms with Gasteiger partial charge in [0.05, 0.1) is 5.25 Å². The summed E-state index contributed by atoms with van der Waals surface area (Å²) in [6.07, 6.45) is 6.28. The number of aryl methyl sites for hydroxylation is 1. The molecule has 0 aliphatic heterocycles. The van der Waals surface area contributed by atoms with Crippen LogP contribution in [0.15, 0.2) is 29.4 Å². The number of amides is 1. The van der Waals surface area contributed by atoms with Gasteiger partial charge in [0.15, 0.2) is 5.16 Å². The molecule has 0 spiro atoms. The van der Waals surface area contributed by atoms with Crippen LogP contribution in [0, 0.1) is 6.92 Å². The molecule has 1 saturated carbocycles. The molecule has 1 unspecified atom stereocenters. The first-order chi connectivity index (χ1) is 12.6. The van der Waals surface area contributed by atoms with Crippen molar-refractivity contribution in [3.63, 3.8) is 0 Å². The number of anilines is 1. The summed E-state index contributed by atoms with van der Waals surface area (Å²) in [5.74, 6) is 1.60. The number of carbonyl (C=O) groups is 1. The summed E-state index contributed by atoms with van der Waals surface area (Å²) in [5, 5.41) is 12.5. The maximum absolute atomic E-state index is 12.5. The molecule has 2 aromatic rings. The van der Waals surface area contributed by atoms with E-state index in [1.807, 2.05) is 38.1 Å². The molecular weight excluding hydrogens is 344 g/mol. The molecule has 1 aliphatic rings. The van der Waals surface area contributed by atoms with Crippen molar-refractivity contribution < 1.29 is 4.79 Å². The highest BCUT2D eigenvalue weighted by Crippen LogP contribution is 2.34. The first kappa shape index (κ1) is 19.0. The van der Waals surface area contributed by atoms with Crippen molar-refractivity contribution in [2.45, 2.75) is 75.7 Å². The van der Waals surface area contributed by atoms with E-state index in [1.54, 1.807) is 0 Å². The number of rotatable bonds is 6. The van der Waals surface area contributed by atoms with Crippen LogP contribution in [0.5, 0.6) is 0 Å². The lowest BCUT2D eigenvalue weighted by atomic mass is 9.89. The van der Waals surface area contributed by atoms with Crippen molar-refractivity contribution in [3.8, 4) is 0 Å². The fourth-order valence-corrected chi connectivity index (χ4v) is 4.36. The van der Waals surface area contributed by atoms with Gasteiger partial charge in [-0.25, -0.2) is 0 Å². The Bertz CT molecular complexity index is 735. The number of benzene rings is 1. The second-order valence-electron chi connectivity index (χ2n) is 7.04. The maximum Gasteiger partial charge on any atom is 0.237 e. The second kappa shape index (κ2) is 8.71. The second-order valence-corrected chi connectivity index (χ2v) is 8.34. The van der Waals surface area contributed by atoms with Gasteiger partial charge in [0.25, 0.3) is 0 Å². The molecule has 1 heterocycles. The van der Waals surface area contributed by atoms with E-state index in [0.717, 1.165) is 23.2 Å². The van der Waals surface area contributed by atoms with Crippen LogP contribution in [-0.4, -0.2) is 25.9 Å². The van der Waals surface area contributed by atoms with E-state index < -0.39 is 0 Å². The summed E-state index contributed by atoms with van der Waals surface area (Å²) in [6, 6.07) is 7.86. The summed E-state index contributed by atoms with van der Waals surface area (Å²) in [6.45, 7) is 6.92. The predicted octanol–water partition coefficient (Wildman–Crippen LogP) is 4.77. The Morgan fingerprint density at radius 3 is 2.58 bits per heavy atom. The molecule has 6 heteroatoms. The third-order valence-corrected chi connectivity index (χ3v) is 6.08. The van der Waals surface area contributed by atoms with Crippen LogP contribution in [0.25, 0.3) is 0 Å². The predicted molar refractivity (Wildman–Crippen MR) is 107 cm³/mol. The molecule has 3 rings (SSSR count). The first-order valence-electron chi connectivity index (χ1n) is 9.55. The lowest BCUT2D eigenvalue weighted by Gasteiger charge is -2.21. The van der Waals surface area contributed by atoms with Gasteiger partial charge in [0.2, 0.25) is 5.91 Å². The van der Waals surface area contributed by atoms with Gasteiger partial charge in [-0.05, 0) is 45.7 Å². The fourth-order valence-electron chi connectivity index (χ4n) is 3.44. The highest BCUT2D eigenvalue weighted by molar-refractivity contribution is 8.00. The largest absolute Gasteiger partial charge is 0.325 e. The Hall–Kier alpha value is -1.82. The lowest BCUT2D eigenvalue weighted by Crippen LogP contribution is -2.23. The number of hydrogen-bond acceptors (Lipinski definition) is 4.